The number of piperidine rings is 1. The van der Waals surface area contributed by atoms with Gasteiger partial charge in [-0.2, -0.15) is 5.10 Å². The third-order valence-electron chi connectivity index (χ3n) is 3.63. The Morgan fingerprint density at radius 2 is 2.35 bits per heavy atom. The molecule has 1 aliphatic heterocycles. The molecule has 1 saturated heterocycles. The lowest BCUT2D eigenvalue weighted by atomic mass is 9.94. The molecule has 17 heavy (non-hydrogen) atoms. The summed E-state index contributed by atoms with van der Waals surface area (Å²) in [7, 11) is 1.96. The van der Waals surface area contributed by atoms with Gasteiger partial charge in [0.2, 0.25) is 0 Å². The molecular weight excluding hydrogens is 214 g/mol. The molecule has 0 radical (unpaired) electrons. The van der Waals surface area contributed by atoms with Crippen molar-refractivity contribution in [2.75, 3.05) is 19.6 Å². The van der Waals surface area contributed by atoms with Crippen LogP contribution in [0.25, 0.3) is 0 Å². The van der Waals surface area contributed by atoms with Gasteiger partial charge < -0.3 is 5.32 Å². The smallest absolute Gasteiger partial charge is 0.140 e. The minimum atomic E-state index is 0.677. The van der Waals surface area contributed by atoms with E-state index in [1.54, 1.807) is 6.33 Å². The van der Waals surface area contributed by atoms with Gasteiger partial charge in [-0.3, -0.25) is 9.58 Å². The van der Waals surface area contributed by atoms with Crippen LogP contribution in [0.15, 0.2) is 6.33 Å². The first-order valence-electron chi connectivity index (χ1n) is 6.49. The molecular formula is C12H23N5. The van der Waals surface area contributed by atoms with Crippen LogP contribution in [-0.2, 0) is 13.6 Å². The zero-order valence-electron chi connectivity index (χ0n) is 11.1. The van der Waals surface area contributed by atoms with Crippen molar-refractivity contribution in [3.8, 4) is 0 Å². The number of nitrogens with one attached hydrogen (secondary N) is 1. The first-order chi connectivity index (χ1) is 8.20. The van der Waals surface area contributed by atoms with Crippen molar-refractivity contribution < 1.29 is 0 Å². The SMILES string of the molecule is CCNC1CCN(Cc2ncnn2C)CC1C. The molecule has 5 nitrogen and oxygen atoms in total. The third kappa shape index (κ3) is 3.04. The van der Waals surface area contributed by atoms with Crippen LogP contribution in [0.4, 0.5) is 0 Å². The molecule has 0 bridgehead atoms. The van der Waals surface area contributed by atoms with Gasteiger partial charge in [0, 0.05) is 26.2 Å². The fourth-order valence-corrected chi connectivity index (χ4v) is 2.60. The molecule has 2 heterocycles. The van der Waals surface area contributed by atoms with E-state index in [0.29, 0.717) is 12.0 Å². The minimum absolute atomic E-state index is 0.677. The van der Waals surface area contributed by atoms with E-state index in [-0.39, 0.29) is 0 Å². The Morgan fingerprint density at radius 3 is 2.94 bits per heavy atom. The van der Waals surface area contributed by atoms with E-state index >= 15 is 0 Å². The summed E-state index contributed by atoms with van der Waals surface area (Å²) in [6, 6.07) is 0.677. The zero-order chi connectivity index (χ0) is 12.3. The van der Waals surface area contributed by atoms with Crippen LogP contribution in [0.3, 0.4) is 0 Å². The van der Waals surface area contributed by atoms with Crippen LogP contribution in [0.5, 0.6) is 0 Å². The summed E-state index contributed by atoms with van der Waals surface area (Å²) in [5.41, 5.74) is 0. The van der Waals surface area contributed by atoms with E-state index in [2.05, 4.69) is 34.1 Å². The summed E-state index contributed by atoms with van der Waals surface area (Å²) in [5, 5.41) is 7.68. The van der Waals surface area contributed by atoms with Crippen LogP contribution >= 0.6 is 0 Å². The lowest BCUT2D eigenvalue weighted by molar-refractivity contribution is 0.138. The number of aryl methyl sites for hydroxylation is 1. The highest BCUT2D eigenvalue weighted by atomic mass is 15.3. The van der Waals surface area contributed by atoms with Gasteiger partial charge in [-0.15, -0.1) is 0 Å². The van der Waals surface area contributed by atoms with Crippen molar-refractivity contribution in [1.29, 1.82) is 0 Å². The van der Waals surface area contributed by atoms with Gasteiger partial charge in [0.25, 0.3) is 0 Å². The molecule has 1 N–H and O–H groups in total. The summed E-state index contributed by atoms with van der Waals surface area (Å²) in [4.78, 5) is 6.76. The van der Waals surface area contributed by atoms with Crippen LogP contribution in [0, 0.1) is 5.92 Å². The van der Waals surface area contributed by atoms with Gasteiger partial charge >= 0.3 is 0 Å². The van der Waals surface area contributed by atoms with Crippen molar-refractivity contribution in [2.24, 2.45) is 13.0 Å². The van der Waals surface area contributed by atoms with Crippen molar-refractivity contribution in [2.45, 2.75) is 32.9 Å². The molecule has 1 aliphatic rings. The molecule has 96 valence electrons. The van der Waals surface area contributed by atoms with Crippen molar-refractivity contribution in [3.63, 3.8) is 0 Å². The summed E-state index contributed by atoms with van der Waals surface area (Å²) < 4.78 is 1.86. The molecule has 2 rings (SSSR count). The lowest BCUT2D eigenvalue weighted by Crippen LogP contribution is -2.48. The maximum absolute atomic E-state index is 4.28. The predicted octanol–water partition coefficient (Wildman–Crippen LogP) is 0.635. The van der Waals surface area contributed by atoms with Crippen LogP contribution in [-0.4, -0.2) is 45.3 Å². The summed E-state index contributed by atoms with van der Waals surface area (Å²) in [6.07, 6.45) is 2.86. The van der Waals surface area contributed by atoms with Crippen LogP contribution in [0.1, 0.15) is 26.1 Å². The predicted molar refractivity (Wildman–Crippen MR) is 67.5 cm³/mol. The largest absolute Gasteiger partial charge is 0.314 e. The van der Waals surface area contributed by atoms with Gasteiger partial charge in [0.1, 0.15) is 12.2 Å². The Morgan fingerprint density at radius 1 is 1.53 bits per heavy atom. The standard InChI is InChI=1S/C12H23N5/c1-4-13-11-5-6-17(7-10(11)2)8-12-14-9-15-16(12)3/h9-11,13H,4-8H2,1-3H3. The van der Waals surface area contributed by atoms with Crippen LogP contribution < -0.4 is 5.32 Å². The van der Waals surface area contributed by atoms with E-state index < -0.39 is 0 Å². The first-order valence-corrected chi connectivity index (χ1v) is 6.49. The fraction of sp³-hybridized carbons (Fsp3) is 0.833. The Labute approximate surface area is 103 Å². The first kappa shape index (κ1) is 12.5. The van der Waals surface area contributed by atoms with Gasteiger partial charge in [0.15, 0.2) is 0 Å². The number of aromatic nitrogens is 3. The summed E-state index contributed by atoms with van der Waals surface area (Å²) in [6.45, 7) is 8.78. The quantitative estimate of drug-likeness (QED) is 0.834. The van der Waals surface area contributed by atoms with Gasteiger partial charge in [0.05, 0.1) is 6.54 Å². The summed E-state index contributed by atoms with van der Waals surface area (Å²) in [5.74, 6) is 1.76. The van der Waals surface area contributed by atoms with Crippen molar-refractivity contribution in [1.82, 2.24) is 25.0 Å². The molecule has 1 aromatic heterocycles. The van der Waals surface area contributed by atoms with Gasteiger partial charge in [-0.05, 0) is 18.9 Å². The van der Waals surface area contributed by atoms with Gasteiger partial charge in [-0.1, -0.05) is 13.8 Å². The maximum atomic E-state index is 4.28. The monoisotopic (exact) mass is 237 g/mol. The van der Waals surface area contributed by atoms with Gasteiger partial charge in [-0.25, -0.2) is 4.98 Å². The topological polar surface area (TPSA) is 46.0 Å². The second-order valence-electron chi connectivity index (χ2n) is 4.97. The molecule has 5 heteroatoms. The highest BCUT2D eigenvalue weighted by Gasteiger charge is 2.25. The van der Waals surface area contributed by atoms with E-state index in [9.17, 15) is 0 Å². The second-order valence-corrected chi connectivity index (χ2v) is 4.97. The average molecular weight is 237 g/mol. The Kier molecular flexibility index (Phi) is 4.12. The van der Waals surface area contributed by atoms with E-state index in [0.717, 1.165) is 32.0 Å². The fourth-order valence-electron chi connectivity index (χ4n) is 2.60. The Bertz CT molecular complexity index is 348. The third-order valence-corrected chi connectivity index (χ3v) is 3.63. The van der Waals surface area contributed by atoms with Crippen LogP contribution in [0.2, 0.25) is 0 Å². The number of hydrogen-bond donors (Lipinski definition) is 1. The molecule has 0 aromatic carbocycles. The molecule has 0 aliphatic carbocycles. The summed E-state index contributed by atoms with van der Waals surface area (Å²) >= 11 is 0. The van der Waals surface area contributed by atoms with E-state index in [1.165, 1.54) is 6.42 Å². The second kappa shape index (κ2) is 5.60. The van der Waals surface area contributed by atoms with E-state index in [4.69, 9.17) is 0 Å². The van der Waals surface area contributed by atoms with Crippen molar-refractivity contribution in [3.05, 3.63) is 12.2 Å². The molecule has 0 saturated carbocycles. The maximum Gasteiger partial charge on any atom is 0.140 e. The molecule has 0 amide bonds. The average Bonchev–Trinajstić information content (AvgIpc) is 2.69. The number of rotatable bonds is 4. The van der Waals surface area contributed by atoms with E-state index in [1.807, 2.05) is 11.7 Å². The van der Waals surface area contributed by atoms with Crippen molar-refractivity contribution >= 4 is 0 Å². The normalized spacial score (nSPS) is 26.3. The molecule has 2 atom stereocenters. The lowest BCUT2D eigenvalue weighted by Gasteiger charge is -2.37. The zero-order valence-corrected chi connectivity index (χ0v) is 11.1. The highest BCUT2D eigenvalue weighted by molar-refractivity contribution is 4.88. The highest BCUT2D eigenvalue weighted by Crippen LogP contribution is 2.18. The molecule has 2 unspecified atom stereocenters. The molecule has 0 spiro atoms. The Hall–Kier alpha value is -0.940. The molecule has 1 aromatic rings. The minimum Gasteiger partial charge on any atom is -0.314 e. The number of nitrogens with zero attached hydrogens (tertiary/aromatic N) is 4. The molecule has 1 fully saturated rings. The Balaban J connectivity index is 1.87. The number of hydrogen-bond acceptors (Lipinski definition) is 4. The number of likely N-dealkylation sites (tertiary alicyclic amines) is 1.